The van der Waals surface area contributed by atoms with Crippen molar-refractivity contribution in [2.75, 3.05) is 30.8 Å². The Kier molecular flexibility index (Phi) is 10.9. The molecule has 1 N–H and O–H groups in total. The van der Waals surface area contributed by atoms with Crippen LogP contribution in [0, 0.1) is 0 Å². The van der Waals surface area contributed by atoms with Gasteiger partial charge in [-0.3, -0.25) is 13.9 Å². The lowest BCUT2D eigenvalue weighted by molar-refractivity contribution is -0.141. The molecule has 0 bridgehead atoms. The Hall–Kier alpha value is -2.78. The molecule has 2 rings (SSSR count). The first-order valence-corrected chi connectivity index (χ1v) is 13.8. The van der Waals surface area contributed by atoms with Crippen molar-refractivity contribution in [2.45, 2.75) is 45.7 Å². The highest BCUT2D eigenvalue weighted by atomic mass is 35.5. The van der Waals surface area contributed by atoms with E-state index in [0.717, 1.165) is 11.8 Å². The van der Waals surface area contributed by atoms with Gasteiger partial charge in [-0.25, -0.2) is 8.42 Å². The number of sulfonamides is 1. The maximum absolute atomic E-state index is 13.3. The molecule has 2 aromatic rings. The van der Waals surface area contributed by atoms with Gasteiger partial charge in [-0.1, -0.05) is 48.9 Å². The number of carbonyl (C=O) groups excluding carboxylic acids is 2. The van der Waals surface area contributed by atoms with Gasteiger partial charge in [0.05, 0.1) is 18.6 Å². The molecule has 0 fully saturated rings. The van der Waals surface area contributed by atoms with Crippen molar-refractivity contribution in [2.24, 2.45) is 0 Å². The number of hydrogen-bond donors (Lipinski definition) is 1. The number of nitrogens with one attached hydrogen (secondary N) is 1. The number of halogens is 1. The third-order valence-corrected chi connectivity index (χ3v) is 7.07. The molecule has 192 valence electrons. The fraction of sp³-hybridized carbons (Fsp3) is 0.440. The van der Waals surface area contributed by atoms with E-state index in [4.69, 9.17) is 16.3 Å². The zero-order chi connectivity index (χ0) is 26.0. The zero-order valence-electron chi connectivity index (χ0n) is 20.7. The summed E-state index contributed by atoms with van der Waals surface area (Å²) < 4.78 is 32.0. The van der Waals surface area contributed by atoms with E-state index in [9.17, 15) is 18.0 Å². The van der Waals surface area contributed by atoms with Crippen LogP contribution < -0.4 is 14.4 Å². The van der Waals surface area contributed by atoms with E-state index in [1.165, 1.54) is 16.3 Å². The number of benzene rings is 2. The predicted octanol–water partition coefficient (Wildman–Crippen LogP) is 3.84. The zero-order valence-corrected chi connectivity index (χ0v) is 22.2. The molecular weight excluding hydrogens is 490 g/mol. The van der Waals surface area contributed by atoms with Gasteiger partial charge in [0.1, 0.15) is 11.8 Å². The molecule has 0 unspecified atom stereocenters. The van der Waals surface area contributed by atoms with Crippen molar-refractivity contribution in [3.63, 3.8) is 0 Å². The lowest BCUT2D eigenvalue weighted by Gasteiger charge is -2.31. The van der Waals surface area contributed by atoms with Crippen molar-refractivity contribution in [3.05, 3.63) is 59.1 Å². The quantitative estimate of drug-likeness (QED) is 0.430. The van der Waals surface area contributed by atoms with E-state index >= 15 is 0 Å². The summed E-state index contributed by atoms with van der Waals surface area (Å²) in [5.41, 5.74) is 1.15. The van der Waals surface area contributed by atoms with E-state index in [1.54, 1.807) is 36.4 Å². The van der Waals surface area contributed by atoms with Crippen LogP contribution in [-0.2, 0) is 26.2 Å². The van der Waals surface area contributed by atoms with Crippen LogP contribution >= 0.6 is 11.6 Å². The highest BCUT2D eigenvalue weighted by Gasteiger charge is 2.29. The molecule has 10 heteroatoms. The number of carbonyl (C=O) groups is 2. The Morgan fingerprint density at radius 1 is 1.09 bits per heavy atom. The average molecular weight is 524 g/mol. The van der Waals surface area contributed by atoms with Gasteiger partial charge in [-0.15, -0.1) is 0 Å². The topological polar surface area (TPSA) is 96.0 Å². The van der Waals surface area contributed by atoms with Gasteiger partial charge < -0.3 is 15.0 Å². The van der Waals surface area contributed by atoms with Crippen LogP contribution in [0.25, 0.3) is 0 Å². The Morgan fingerprint density at radius 3 is 2.34 bits per heavy atom. The van der Waals surface area contributed by atoms with Gasteiger partial charge in [-0.2, -0.15) is 0 Å². The molecule has 8 nitrogen and oxygen atoms in total. The summed E-state index contributed by atoms with van der Waals surface area (Å²) >= 11 is 6.32. The van der Waals surface area contributed by atoms with E-state index in [0.29, 0.717) is 29.5 Å². The standard InChI is InChI=1S/C25H34ClN3O5S/c1-5-21(25(31)27-3)28(18-19-12-7-8-13-20(19)26)24(30)16-11-17-29(35(4,32)33)22-14-9-10-15-23(22)34-6-2/h7-10,12-15,21H,5-6,11,16-18H2,1-4H3,(H,27,31)/t21-/m1/s1. The molecule has 35 heavy (non-hydrogen) atoms. The normalized spacial score (nSPS) is 12.0. The number of nitrogens with zero attached hydrogens (tertiary/aromatic N) is 2. The van der Waals surface area contributed by atoms with Crippen LogP contribution in [0.2, 0.25) is 5.02 Å². The fourth-order valence-corrected chi connectivity index (χ4v) is 4.98. The molecule has 1 atom stereocenters. The first-order valence-electron chi connectivity index (χ1n) is 11.6. The highest BCUT2D eigenvalue weighted by molar-refractivity contribution is 7.92. The minimum absolute atomic E-state index is 0.0563. The van der Waals surface area contributed by atoms with Gasteiger partial charge >= 0.3 is 0 Å². The smallest absolute Gasteiger partial charge is 0.242 e. The van der Waals surface area contributed by atoms with E-state index in [-0.39, 0.29) is 37.7 Å². The van der Waals surface area contributed by atoms with Crippen molar-refractivity contribution >= 4 is 39.1 Å². The molecule has 2 amide bonds. The molecular formula is C25H34ClN3O5S. The predicted molar refractivity (Wildman–Crippen MR) is 139 cm³/mol. The first-order chi connectivity index (χ1) is 16.6. The van der Waals surface area contributed by atoms with Crippen molar-refractivity contribution in [1.29, 1.82) is 0 Å². The summed E-state index contributed by atoms with van der Waals surface area (Å²) in [7, 11) is -2.09. The minimum atomic E-state index is -3.62. The molecule has 0 aromatic heterocycles. The number of amides is 2. The van der Waals surface area contributed by atoms with Gasteiger partial charge in [0, 0.05) is 31.6 Å². The molecule has 2 aromatic carbocycles. The average Bonchev–Trinajstić information content (AvgIpc) is 2.82. The van der Waals surface area contributed by atoms with Crippen LogP contribution in [0.5, 0.6) is 5.75 Å². The highest BCUT2D eigenvalue weighted by Crippen LogP contribution is 2.30. The first kappa shape index (κ1) is 28.5. The largest absolute Gasteiger partial charge is 0.492 e. The van der Waals surface area contributed by atoms with Crippen LogP contribution in [0.4, 0.5) is 5.69 Å². The van der Waals surface area contributed by atoms with Crippen molar-refractivity contribution in [3.8, 4) is 5.75 Å². The molecule has 0 saturated carbocycles. The number of likely N-dealkylation sites (N-methyl/N-ethyl adjacent to an activating group) is 1. The summed E-state index contributed by atoms with van der Waals surface area (Å²) in [4.78, 5) is 27.4. The summed E-state index contributed by atoms with van der Waals surface area (Å²) in [5, 5.41) is 3.13. The summed E-state index contributed by atoms with van der Waals surface area (Å²) in [6.07, 6.45) is 1.86. The molecule has 0 heterocycles. The molecule has 0 aliphatic rings. The number of rotatable bonds is 13. The van der Waals surface area contributed by atoms with Crippen LogP contribution in [0.3, 0.4) is 0 Å². The van der Waals surface area contributed by atoms with E-state index in [2.05, 4.69) is 5.32 Å². The van der Waals surface area contributed by atoms with Crippen LogP contribution in [-0.4, -0.2) is 57.6 Å². The Bertz CT molecular complexity index is 1110. The van der Waals surface area contributed by atoms with Gasteiger partial charge in [-0.05, 0) is 43.5 Å². The molecule has 0 aliphatic carbocycles. The lowest BCUT2D eigenvalue weighted by Crippen LogP contribution is -2.48. The SMILES string of the molecule is CCOc1ccccc1N(CCCC(=O)N(Cc1ccccc1Cl)[C@H](CC)C(=O)NC)S(C)(=O)=O. The second-order valence-corrected chi connectivity index (χ2v) is 10.3. The summed E-state index contributed by atoms with van der Waals surface area (Å²) in [6.45, 7) is 4.31. The van der Waals surface area contributed by atoms with Gasteiger partial charge in [0.25, 0.3) is 0 Å². The Balaban J connectivity index is 2.24. The third-order valence-electron chi connectivity index (χ3n) is 5.52. The lowest BCUT2D eigenvalue weighted by atomic mass is 10.1. The second-order valence-electron chi connectivity index (χ2n) is 7.99. The van der Waals surface area contributed by atoms with Crippen molar-refractivity contribution in [1.82, 2.24) is 10.2 Å². The minimum Gasteiger partial charge on any atom is -0.492 e. The van der Waals surface area contributed by atoms with Crippen molar-refractivity contribution < 1.29 is 22.7 Å². The summed E-state index contributed by atoms with van der Waals surface area (Å²) in [6, 6.07) is 13.4. The van der Waals surface area contributed by atoms with Crippen LogP contribution in [0.1, 0.15) is 38.7 Å². The van der Waals surface area contributed by atoms with E-state index < -0.39 is 16.1 Å². The molecule has 0 aliphatic heterocycles. The Labute approximate surface area is 213 Å². The van der Waals surface area contributed by atoms with Gasteiger partial charge in [0.2, 0.25) is 21.8 Å². The maximum Gasteiger partial charge on any atom is 0.242 e. The molecule has 0 radical (unpaired) electrons. The number of anilines is 1. The number of para-hydroxylation sites is 2. The van der Waals surface area contributed by atoms with Gasteiger partial charge in [0.15, 0.2) is 0 Å². The number of hydrogen-bond acceptors (Lipinski definition) is 5. The Morgan fingerprint density at radius 2 is 1.74 bits per heavy atom. The van der Waals surface area contributed by atoms with E-state index in [1.807, 2.05) is 26.0 Å². The monoisotopic (exact) mass is 523 g/mol. The molecule has 0 saturated heterocycles. The second kappa shape index (κ2) is 13.3. The van der Waals surface area contributed by atoms with Crippen LogP contribution in [0.15, 0.2) is 48.5 Å². The third kappa shape index (κ3) is 7.86. The molecule has 0 spiro atoms. The number of ether oxygens (including phenoxy) is 1. The summed E-state index contributed by atoms with van der Waals surface area (Å²) in [5.74, 6) is -0.0685. The fourth-order valence-electron chi connectivity index (χ4n) is 3.82. The maximum atomic E-state index is 13.3.